The molecule has 3 nitrogen and oxygen atoms in total. The zero-order chi connectivity index (χ0) is 18.5. The molecular weight excluding hydrogens is 298 g/mol. The molecule has 2 atom stereocenters. The van der Waals surface area contributed by atoms with E-state index < -0.39 is 0 Å². The average Bonchev–Trinajstić information content (AvgIpc) is 2.40. The molecule has 0 aliphatic rings. The molecular formula is C21H38NO2+. The number of rotatable bonds is 9. The van der Waals surface area contributed by atoms with Crippen molar-refractivity contribution in [1.82, 2.24) is 0 Å². The lowest BCUT2D eigenvalue weighted by molar-refractivity contribution is -0.919. The molecule has 24 heavy (non-hydrogen) atoms. The van der Waals surface area contributed by atoms with Crippen LogP contribution in [0.4, 0.5) is 0 Å². The molecule has 0 spiro atoms. The standard InChI is InChI=1S/C21H38NO2/c1-15(2)13-19-11-10-12-21(20(19)14-16(3)4)24-18(6)23-17(5)22(7,8)9/h10-12,15-18H,13-14H2,1-9H3/q+1. The van der Waals surface area contributed by atoms with Gasteiger partial charge in [-0.15, -0.1) is 0 Å². The number of nitrogens with zero attached hydrogens (tertiary/aromatic N) is 1. The first-order chi connectivity index (χ1) is 11.0. The van der Waals surface area contributed by atoms with E-state index >= 15 is 0 Å². The van der Waals surface area contributed by atoms with E-state index in [2.05, 4.69) is 74.0 Å². The fraction of sp³-hybridized carbons (Fsp3) is 0.714. The van der Waals surface area contributed by atoms with Crippen molar-refractivity contribution in [3.8, 4) is 5.75 Å². The molecule has 0 bridgehead atoms. The SMILES string of the molecule is CC(C)Cc1cccc(OC(C)OC(C)[N+](C)(C)C)c1CC(C)C. The van der Waals surface area contributed by atoms with E-state index in [4.69, 9.17) is 9.47 Å². The van der Waals surface area contributed by atoms with Crippen LogP contribution in [0.5, 0.6) is 5.75 Å². The molecule has 0 fully saturated rings. The predicted octanol–water partition coefficient (Wildman–Crippen LogP) is 4.88. The average molecular weight is 337 g/mol. The Hall–Kier alpha value is -1.06. The van der Waals surface area contributed by atoms with Crippen LogP contribution in [0.1, 0.15) is 52.7 Å². The van der Waals surface area contributed by atoms with Crippen molar-refractivity contribution in [3.05, 3.63) is 29.3 Å². The van der Waals surface area contributed by atoms with Gasteiger partial charge in [0.1, 0.15) is 5.75 Å². The monoisotopic (exact) mass is 336 g/mol. The van der Waals surface area contributed by atoms with Crippen LogP contribution in [0.15, 0.2) is 18.2 Å². The van der Waals surface area contributed by atoms with E-state index in [9.17, 15) is 0 Å². The van der Waals surface area contributed by atoms with Crippen molar-refractivity contribution >= 4 is 0 Å². The smallest absolute Gasteiger partial charge is 0.202 e. The molecule has 0 aliphatic carbocycles. The number of benzene rings is 1. The Bertz CT molecular complexity index is 503. The van der Waals surface area contributed by atoms with Gasteiger partial charge in [-0.2, -0.15) is 0 Å². The summed E-state index contributed by atoms with van der Waals surface area (Å²) in [5, 5.41) is 0. The third kappa shape index (κ3) is 6.82. The number of hydrogen-bond donors (Lipinski definition) is 0. The maximum Gasteiger partial charge on any atom is 0.202 e. The van der Waals surface area contributed by atoms with Gasteiger partial charge >= 0.3 is 0 Å². The summed E-state index contributed by atoms with van der Waals surface area (Å²) < 4.78 is 13.0. The van der Waals surface area contributed by atoms with Crippen LogP contribution in [0.3, 0.4) is 0 Å². The molecule has 0 aliphatic heterocycles. The lowest BCUT2D eigenvalue weighted by Crippen LogP contribution is -2.46. The first-order valence-corrected chi connectivity index (χ1v) is 9.24. The Labute approximate surface area is 149 Å². The third-order valence-corrected chi connectivity index (χ3v) is 4.24. The van der Waals surface area contributed by atoms with E-state index in [-0.39, 0.29) is 12.5 Å². The predicted molar refractivity (Wildman–Crippen MR) is 102 cm³/mol. The summed E-state index contributed by atoms with van der Waals surface area (Å²) in [6.07, 6.45) is 1.93. The third-order valence-electron chi connectivity index (χ3n) is 4.24. The van der Waals surface area contributed by atoms with Crippen LogP contribution in [0.25, 0.3) is 0 Å². The highest BCUT2D eigenvalue weighted by Gasteiger charge is 2.23. The molecule has 0 amide bonds. The maximum absolute atomic E-state index is 6.20. The molecule has 0 aromatic heterocycles. The molecule has 1 aromatic rings. The zero-order valence-corrected chi connectivity index (χ0v) is 17.2. The molecule has 1 aromatic carbocycles. The number of quaternary nitrogens is 1. The summed E-state index contributed by atoms with van der Waals surface area (Å²) in [5.41, 5.74) is 2.75. The fourth-order valence-corrected chi connectivity index (χ4v) is 2.66. The van der Waals surface area contributed by atoms with Crippen molar-refractivity contribution < 1.29 is 14.0 Å². The van der Waals surface area contributed by atoms with Gasteiger partial charge in [-0.1, -0.05) is 39.8 Å². The highest BCUT2D eigenvalue weighted by molar-refractivity contribution is 5.41. The minimum Gasteiger partial charge on any atom is -0.465 e. The van der Waals surface area contributed by atoms with Crippen LogP contribution >= 0.6 is 0 Å². The Kier molecular flexibility index (Phi) is 7.75. The fourth-order valence-electron chi connectivity index (χ4n) is 2.66. The van der Waals surface area contributed by atoms with Crippen molar-refractivity contribution in [2.45, 2.75) is 66.9 Å². The topological polar surface area (TPSA) is 18.5 Å². The van der Waals surface area contributed by atoms with Gasteiger partial charge < -0.3 is 9.22 Å². The summed E-state index contributed by atoms with van der Waals surface area (Å²) in [7, 11) is 6.39. The minimum absolute atomic E-state index is 0.0763. The first-order valence-electron chi connectivity index (χ1n) is 9.24. The molecule has 0 saturated heterocycles. The molecule has 0 saturated carbocycles. The lowest BCUT2D eigenvalue weighted by atomic mass is 9.92. The van der Waals surface area contributed by atoms with Gasteiger partial charge in [0.05, 0.1) is 21.1 Å². The van der Waals surface area contributed by atoms with Crippen molar-refractivity contribution in [2.75, 3.05) is 21.1 Å². The van der Waals surface area contributed by atoms with Crippen LogP contribution in [0, 0.1) is 11.8 Å². The van der Waals surface area contributed by atoms with Gasteiger partial charge in [0.15, 0.2) is 6.23 Å². The second-order valence-corrected chi connectivity index (χ2v) is 8.63. The molecule has 0 heterocycles. The molecule has 0 N–H and O–H groups in total. The summed E-state index contributed by atoms with van der Waals surface area (Å²) in [6, 6.07) is 6.43. The van der Waals surface area contributed by atoms with Gasteiger partial charge in [0.2, 0.25) is 6.29 Å². The first kappa shape index (κ1) is 21.0. The second kappa shape index (κ2) is 8.87. The van der Waals surface area contributed by atoms with Crippen molar-refractivity contribution in [3.63, 3.8) is 0 Å². The van der Waals surface area contributed by atoms with Crippen LogP contribution in [-0.2, 0) is 17.6 Å². The van der Waals surface area contributed by atoms with E-state index in [1.54, 1.807) is 0 Å². The Morgan fingerprint density at radius 3 is 1.96 bits per heavy atom. The van der Waals surface area contributed by atoms with Gasteiger partial charge in [0.25, 0.3) is 0 Å². The maximum atomic E-state index is 6.20. The Balaban J connectivity index is 2.96. The van der Waals surface area contributed by atoms with Crippen molar-refractivity contribution in [1.29, 1.82) is 0 Å². The summed E-state index contributed by atoms with van der Waals surface area (Å²) >= 11 is 0. The highest BCUT2D eigenvalue weighted by Crippen LogP contribution is 2.28. The Morgan fingerprint density at radius 1 is 0.875 bits per heavy atom. The van der Waals surface area contributed by atoms with E-state index in [1.165, 1.54) is 11.1 Å². The molecule has 2 unspecified atom stereocenters. The normalized spacial score (nSPS) is 15.0. The molecule has 0 radical (unpaired) electrons. The molecule has 3 heteroatoms. The Morgan fingerprint density at radius 2 is 1.46 bits per heavy atom. The summed E-state index contributed by atoms with van der Waals surface area (Å²) in [5.74, 6) is 2.21. The van der Waals surface area contributed by atoms with E-state index in [0.717, 1.165) is 23.1 Å². The second-order valence-electron chi connectivity index (χ2n) is 8.63. The van der Waals surface area contributed by atoms with E-state index in [1.807, 2.05) is 6.92 Å². The molecule has 138 valence electrons. The van der Waals surface area contributed by atoms with Crippen LogP contribution in [-0.4, -0.2) is 38.1 Å². The highest BCUT2D eigenvalue weighted by atomic mass is 16.7. The van der Waals surface area contributed by atoms with Gasteiger partial charge in [-0.25, -0.2) is 0 Å². The van der Waals surface area contributed by atoms with Gasteiger partial charge in [-0.05, 0) is 48.8 Å². The number of ether oxygens (including phenoxy) is 2. The largest absolute Gasteiger partial charge is 0.465 e. The lowest BCUT2D eigenvalue weighted by Gasteiger charge is -2.33. The van der Waals surface area contributed by atoms with E-state index in [0.29, 0.717) is 11.8 Å². The quantitative estimate of drug-likeness (QED) is 0.473. The van der Waals surface area contributed by atoms with Gasteiger partial charge in [0, 0.05) is 6.92 Å². The number of hydrogen-bond acceptors (Lipinski definition) is 2. The summed E-state index contributed by atoms with van der Waals surface area (Å²) in [6.45, 7) is 13.1. The molecule has 1 rings (SSSR count). The minimum atomic E-state index is -0.266. The van der Waals surface area contributed by atoms with Crippen LogP contribution in [0.2, 0.25) is 0 Å². The summed E-state index contributed by atoms with van der Waals surface area (Å²) in [4.78, 5) is 0. The van der Waals surface area contributed by atoms with Gasteiger partial charge in [-0.3, -0.25) is 4.74 Å². The zero-order valence-electron chi connectivity index (χ0n) is 17.2. The van der Waals surface area contributed by atoms with Crippen molar-refractivity contribution in [2.24, 2.45) is 11.8 Å². The van der Waals surface area contributed by atoms with Crippen LogP contribution < -0.4 is 4.74 Å².